The predicted molar refractivity (Wildman–Crippen MR) is 103 cm³/mol. The number of allylic oxidation sites excluding steroid dienone is 2. The van der Waals surface area contributed by atoms with Gasteiger partial charge in [-0.2, -0.15) is 0 Å². The Labute approximate surface area is 149 Å². The van der Waals surface area contributed by atoms with Gasteiger partial charge in [0.25, 0.3) is 5.69 Å². The quantitative estimate of drug-likeness (QED) is 0.439. The Morgan fingerprint density at radius 1 is 1.19 bits per heavy atom. The van der Waals surface area contributed by atoms with Crippen LogP contribution in [0.3, 0.4) is 0 Å². The van der Waals surface area contributed by atoms with E-state index in [1.54, 1.807) is 24.4 Å². The average Bonchev–Trinajstić information content (AvgIpc) is 2.76. The third kappa shape index (κ3) is 3.17. The maximum Gasteiger partial charge on any atom is 0.294 e. The van der Waals surface area contributed by atoms with Crippen LogP contribution in [0, 0.1) is 10.1 Å². The van der Waals surface area contributed by atoms with E-state index in [1.807, 2.05) is 37.3 Å². The third-order valence-electron chi connectivity index (χ3n) is 4.17. The Balaban J connectivity index is 2.38. The summed E-state index contributed by atoms with van der Waals surface area (Å²) in [6.45, 7) is 1.81. The minimum Gasteiger partial charge on any atom is -0.393 e. The van der Waals surface area contributed by atoms with Gasteiger partial charge in [0.15, 0.2) is 5.43 Å². The van der Waals surface area contributed by atoms with Gasteiger partial charge in [-0.3, -0.25) is 19.9 Å². The van der Waals surface area contributed by atoms with E-state index in [0.29, 0.717) is 5.39 Å². The van der Waals surface area contributed by atoms with Crippen LogP contribution in [-0.4, -0.2) is 9.91 Å². The van der Waals surface area contributed by atoms with Gasteiger partial charge in [0.1, 0.15) is 5.69 Å². The Bertz CT molecular complexity index is 1080. The van der Waals surface area contributed by atoms with Crippen LogP contribution in [0.15, 0.2) is 65.6 Å². The van der Waals surface area contributed by atoms with Crippen LogP contribution in [-0.2, 0) is 6.42 Å². The van der Waals surface area contributed by atoms with Crippen LogP contribution >= 0.6 is 0 Å². The van der Waals surface area contributed by atoms with Gasteiger partial charge in [0.2, 0.25) is 0 Å². The average molecular weight is 347 g/mol. The molecule has 0 atom stereocenters. The number of benzene rings is 1. The molecule has 1 heterocycles. The molecule has 0 aliphatic rings. The number of fused-ring (bicyclic) bond motifs is 1. The van der Waals surface area contributed by atoms with Gasteiger partial charge in [-0.05, 0) is 25.0 Å². The summed E-state index contributed by atoms with van der Waals surface area (Å²) in [5.41, 5.74) is 7.34. The molecule has 0 unspecified atom stereocenters. The number of nitrogens with two attached hydrogens (primary N) is 1. The van der Waals surface area contributed by atoms with E-state index in [-0.39, 0.29) is 34.3 Å². The van der Waals surface area contributed by atoms with E-state index >= 15 is 0 Å². The second-order valence-corrected chi connectivity index (χ2v) is 5.80. The largest absolute Gasteiger partial charge is 0.393 e. The van der Waals surface area contributed by atoms with Gasteiger partial charge in [-0.25, -0.2) is 0 Å². The van der Waals surface area contributed by atoms with Gasteiger partial charge < -0.3 is 5.73 Å². The highest BCUT2D eigenvalue weighted by Gasteiger charge is 2.19. The maximum absolute atomic E-state index is 13.0. The number of nitrogen functional groups attached to an aromatic ring is 1. The first-order valence-corrected chi connectivity index (χ1v) is 8.09. The predicted octanol–water partition coefficient (Wildman–Crippen LogP) is 3.87. The lowest BCUT2D eigenvalue weighted by Gasteiger charge is -2.01. The van der Waals surface area contributed by atoms with Crippen molar-refractivity contribution in [1.82, 2.24) is 4.98 Å². The van der Waals surface area contributed by atoms with Crippen LogP contribution in [0.5, 0.6) is 0 Å². The Hall–Kier alpha value is -3.54. The van der Waals surface area contributed by atoms with Crippen LogP contribution in [0.25, 0.3) is 22.0 Å². The van der Waals surface area contributed by atoms with Gasteiger partial charge in [-0.1, -0.05) is 42.5 Å². The molecule has 6 heteroatoms. The van der Waals surface area contributed by atoms with Crippen molar-refractivity contribution in [3.8, 4) is 11.1 Å². The van der Waals surface area contributed by atoms with E-state index in [2.05, 4.69) is 4.98 Å². The Morgan fingerprint density at radius 3 is 2.58 bits per heavy atom. The van der Waals surface area contributed by atoms with E-state index in [9.17, 15) is 14.9 Å². The standard InChI is InChI=1S/C20H17N3O3/c1-2-3-9-15-19(21)18(23(25)26)11-17-16(20(15)24)10-14(12-22-17)13-7-5-4-6-8-13/h2-8,10-12H,9,21H2,1H3/b3-2-. The lowest BCUT2D eigenvalue weighted by molar-refractivity contribution is -0.383. The zero-order chi connectivity index (χ0) is 18.7. The number of nitrogens with zero attached hydrogens (tertiary/aromatic N) is 2. The van der Waals surface area contributed by atoms with Crippen molar-refractivity contribution >= 4 is 22.3 Å². The molecule has 3 rings (SSSR count). The summed E-state index contributed by atoms with van der Waals surface area (Å²) < 4.78 is 0. The lowest BCUT2D eigenvalue weighted by atomic mass is 10.1. The molecule has 2 N–H and O–H groups in total. The van der Waals surface area contributed by atoms with Crippen molar-refractivity contribution in [2.24, 2.45) is 0 Å². The topological polar surface area (TPSA) is 99.1 Å². The number of hydrogen-bond acceptors (Lipinski definition) is 5. The molecule has 0 spiro atoms. The fourth-order valence-electron chi connectivity index (χ4n) is 2.80. The molecule has 0 amide bonds. The fourth-order valence-corrected chi connectivity index (χ4v) is 2.80. The number of aromatic nitrogens is 1. The minimum absolute atomic E-state index is 0.114. The van der Waals surface area contributed by atoms with Crippen molar-refractivity contribution in [1.29, 1.82) is 0 Å². The van der Waals surface area contributed by atoms with Crippen LogP contribution in [0.1, 0.15) is 12.5 Å². The highest BCUT2D eigenvalue weighted by atomic mass is 16.6. The number of anilines is 1. The molecule has 0 saturated carbocycles. The molecular formula is C20H17N3O3. The molecule has 0 aliphatic carbocycles. The second kappa shape index (κ2) is 7.14. The number of hydrogen-bond donors (Lipinski definition) is 1. The highest BCUT2D eigenvalue weighted by molar-refractivity contribution is 5.87. The monoisotopic (exact) mass is 347 g/mol. The molecular weight excluding hydrogens is 330 g/mol. The first-order chi connectivity index (χ1) is 12.5. The van der Waals surface area contributed by atoms with E-state index in [0.717, 1.165) is 11.1 Å². The molecule has 6 nitrogen and oxygen atoms in total. The van der Waals surface area contributed by atoms with Gasteiger partial charge in [-0.15, -0.1) is 0 Å². The minimum atomic E-state index is -0.583. The molecule has 0 fully saturated rings. The summed E-state index contributed by atoms with van der Waals surface area (Å²) in [6.07, 6.45) is 5.34. The van der Waals surface area contributed by atoms with Crippen LogP contribution in [0.2, 0.25) is 0 Å². The van der Waals surface area contributed by atoms with Crippen molar-refractivity contribution in [2.75, 3.05) is 5.73 Å². The summed E-state index contributed by atoms with van der Waals surface area (Å²) >= 11 is 0. The smallest absolute Gasteiger partial charge is 0.294 e. The number of rotatable bonds is 4. The van der Waals surface area contributed by atoms with Gasteiger partial charge in [0.05, 0.1) is 10.4 Å². The SMILES string of the molecule is C/C=C\Cc1c(N)c([N+](=O)[O-])cc2ncc(-c3ccccc3)cc2c1=O. The third-order valence-corrected chi connectivity index (χ3v) is 4.17. The van der Waals surface area contributed by atoms with Crippen molar-refractivity contribution in [3.63, 3.8) is 0 Å². The van der Waals surface area contributed by atoms with E-state index in [4.69, 9.17) is 5.73 Å². The second-order valence-electron chi connectivity index (χ2n) is 5.80. The lowest BCUT2D eigenvalue weighted by Crippen LogP contribution is -2.09. The Morgan fingerprint density at radius 2 is 1.92 bits per heavy atom. The van der Waals surface area contributed by atoms with Crippen LogP contribution in [0.4, 0.5) is 11.4 Å². The van der Waals surface area contributed by atoms with Gasteiger partial charge >= 0.3 is 0 Å². The number of nitro groups is 1. The van der Waals surface area contributed by atoms with Crippen molar-refractivity contribution in [3.05, 3.63) is 86.7 Å². The zero-order valence-corrected chi connectivity index (χ0v) is 14.2. The highest BCUT2D eigenvalue weighted by Crippen LogP contribution is 2.28. The molecule has 0 radical (unpaired) electrons. The summed E-state index contributed by atoms with van der Waals surface area (Å²) in [4.78, 5) is 28.1. The van der Waals surface area contributed by atoms with E-state index < -0.39 is 4.92 Å². The molecule has 130 valence electrons. The van der Waals surface area contributed by atoms with Crippen molar-refractivity contribution < 1.29 is 4.92 Å². The zero-order valence-electron chi connectivity index (χ0n) is 14.2. The molecule has 0 saturated heterocycles. The van der Waals surface area contributed by atoms with Gasteiger partial charge in [0, 0.05) is 28.8 Å². The molecule has 3 aromatic rings. The molecule has 0 bridgehead atoms. The molecule has 26 heavy (non-hydrogen) atoms. The number of pyridine rings is 1. The summed E-state index contributed by atoms with van der Waals surface area (Å²) in [5.74, 6) is 0. The first-order valence-electron chi connectivity index (χ1n) is 8.09. The normalized spacial score (nSPS) is 11.1. The Kier molecular flexibility index (Phi) is 4.75. The molecule has 1 aromatic heterocycles. The van der Waals surface area contributed by atoms with Crippen LogP contribution < -0.4 is 11.2 Å². The first kappa shape index (κ1) is 17.3. The molecule has 0 aliphatic heterocycles. The van der Waals surface area contributed by atoms with E-state index in [1.165, 1.54) is 6.07 Å². The summed E-state index contributed by atoms with van der Waals surface area (Å²) in [5, 5.41) is 11.7. The maximum atomic E-state index is 13.0. The summed E-state index contributed by atoms with van der Waals surface area (Å²) in [6, 6.07) is 12.5. The summed E-state index contributed by atoms with van der Waals surface area (Å²) in [7, 11) is 0. The van der Waals surface area contributed by atoms with Crippen molar-refractivity contribution in [2.45, 2.75) is 13.3 Å². The molecule has 2 aromatic carbocycles. The fraction of sp³-hybridized carbons (Fsp3) is 0.100.